The van der Waals surface area contributed by atoms with E-state index in [-0.39, 0.29) is 18.2 Å². The molecule has 28 heavy (non-hydrogen) atoms. The Morgan fingerprint density at radius 3 is 2.39 bits per heavy atom. The summed E-state index contributed by atoms with van der Waals surface area (Å²) < 4.78 is 0. The van der Waals surface area contributed by atoms with Gasteiger partial charge >= 0.3 is 0 Å². The average Bonchev–Trinajstić information content (AvgIpc) is 2.98. The summed E-state index contributed by atoms with van der Waals surface area (Å²) in [5, 5.41) is 12.9. The Bertz CT molecular complexity index is 990. The van der Waals surface area contributed by atoms with Gasteiger partial charge < -0.3 is 10.0 Å². The van der Waals surface area contributed by atoms with E-state index in [1.807, 2.05) is 36.4 Å². The van der Waals surface area contributed by atoms with Crippen molar-refractivity contribution >= 4 is 17.7 Å². The number of nitrogens with zero attached hydrogens (tertiary/aromatic N) is 1. The lowest BCUT2D eigenvalue weighted by Gasteiger charge is -2.29. The van der Waals surface area contributed by atoms with Crippen LogP contribution in [0.5, 0.6) is 0 Å². The molecule has 0 spiro atoms. The highest BCUT2D eigenvalue weighted by Crippen LogP contribution is 2.38. The topological polar surface area (TPSA) is 86.7 Å². The molecule has 144 valence electrons. The van der Waals surface area contributed by atoms with E-state index in [1.54, 1.807) is 24.8 Å². The highest BCUT2D eigenvalue weighted by molar-refractivity contribution is 6.06. The van der Waals surface area contributed by atoms with Crippen LogP contribution in [0.15, 0.2) is 42.5 Å². The predicted octanol–water partition coefficient (Wildman–Crippen LogP) is 2.34. The molecule has 0 bridgehead atoms. The van der Waals surface area contributed by atoms with E-state index < -0.39 is 17.6 Å². The number of nitrogens with one attached hydrogen (secondary N) is 1. The Kier molecular flexibility index (Phi) is 4.31. The maximum atomic E-state index is 13.0. The van der Waals surface area contributed by atoms with Crippen LogP contribution in [0, 0.1) is 0 Å². The highest BCUT2D eigenvalue weighted by atomic mass is 16.3. The van der Waals surface area contributed by atoms with Crippen molar-refractivity contribution in [3.05, 3.63) is 59.2 Å². The molecule has 6 heteroatoms. The third kappa shape index (κ3) is 2.99. The molecule has 0 aromatic heterocycles. The molecule has 2 aromatic rings. The molecule has 1 unspecified atom stereocenters. The van der Waals surface area contributed by atoms with Gasteiger partial charge in [-0.3, -0.25) is 19.7 Å². The first-order valence-corrected chi connectivity index (χ1v) is 9.36. The molecule has 0 saturated carbocycles. The number of carbonyl (C=O) groups is 3. The fraction of sp³-hybridized carbons (Fsp3) is 0.318. The zero-order chi connectivity index (χ0) is 20.1. The van der Waals surface area contributed by atoms with Gasteiger partial charge in [0.1, 0.15) is 6.04 Å². The van der Waals surface area contributed by atoms with Crippen LogP contribution >= 0.6 is 0 Å². The molecule has 6 nitrogen and oxygen atoms in total. The molecule has 2 heterocycles. The Morgan fingerprint density at radius 2 is 1.68 bits per heavy atom. The average molecular weight is 378 g/mol. The van der Waals surface area contributed by atoms with Crippen molar-refractivity contribution in [2.24, 2.45) is 0 Å². The number of piperidine rings is 1. The molecule has 2 N–H and O–H groups in total. The third-order valence-electron chi connectivity index (χ3n) is 5.46. The van der Waals surface area contributed by atoms with E-state index in [1.165, 1.54) is 0 Å². The molecule has 2 aliphatic rings. The molecular weight excluding hydrogens is 356 g/mol. The van der Waals surface area contributed by atoms with Crippen molar-refractivity contribution in [1.29, 1.82) is 0 Å². The largest absolute Gasteiger partial charge is 0.386 e. The van der Waals surface area contributed by atoms with Gasteiger partial charge in [0, 0.05) is 18.5 Å². The van der Waals surface area contributed by atoms with Gasteiger partial charge in [-0.05, 0) is 48.6 Å². The Labute approximate surface area is 163 Å². The fourth-order valence-corrected chi connectivity index (χ4v) is 4.09. The fourth-order valence-electron chi connectivity index (χ4n) is 4.09. The van der Waals surface area contributed by atoms with Gasteiger partial charge in [0.05, 0.1) is 5.60 Å². The molecule has 2 aromatic carbocycles. The number of hydrogen-bond acceptors (Lipinski definition) is 4. The van der Waals surface area contributed by atoms with Crippen molar-refractivity contribution in [3.63, 3.8) is 0 Å². The summed E-state index contributed by atoms with van der Waals surface area (Å²) in [6.45, 7) is 3.77. The second-order valence-corrected chi connectivity index (χ2v) is 7.84. The highest BCUT2D eigenvalue weighted by Gasteiger charge is 2.40. The second kappa shape index (κ2) is 6.56. The van der Waals surface area contributed by atoms with E-state index in [4.69, 9.17) is 0 Å². The minimum Gasteiger partial charge on any atom is -0.386 e. The van der Waals surface area contributed by atoms with E-state index in [0.717, 1.165) is 22.3 Å². The van der Waals surface area contributed by atoms with Crippen LogP contribution < -0.4 is 5.32 Å². The van der Waals surface area contributed by atoms with Crippen LogP contribution in [0.2, 0.25) is 0 Å². The van der Waals surface area contributed by atoms with Gasteiger partial charge in [-0.15, -0.1) is 0 Å². The molecular formula is C22H22N2O4. The molecule has 1 fully saturated rings. The normalized spacial score (nSPS) is 19.6. The summed E-state index contributed by atoms with van der Waals surface area (Å²) in [5.41, 5.74) is 2.88. The molecule has 1 saturated heterocycles. The van der Waals surface area contributed by atoms with Gasteiger partial charge in [-0.2, -0.15) is 0 Å². The molecule has 1 atom stereocenters. The summed E-state index contributed by atoms with van der Waals surface area (Å²) in [7, 11) is 0. The number of imide groups is 1. The number of amides is 3. The lowest BCUT2D eigenvalue weighted by molar-refractivity contribution is -0.136. The SMILES string of the molecule is CC(C)(O)c1ccccc1-c1cccc2c1CN(C1CCC(=O)NC1=O)C2=O. The zero-order valence-electron chi connectivity index (χ0n) is 15.9. The van der Waals surface area contributed by atoms with Crippen molar-refractivity contribution in [3.8, 4) is 11.1 Å². The summed E-state index contributed by atoms with van der Waals surface area (Å²) in [4.78, 5) is 38.3. The van der Waals surface area contributed by atoms with Crippen molar-refractivity contribution in [1.82, 2.24) is 10.2 Å². The lowest BCUT2D eigenvalue weighted by atomic mass is 9.87. The van der Waals surface area contributed by atoms with Gasteiger partial charge in [0.25, 0.3) is 5.91 Å². The van der Waals surface area contributed by atoms with E-state index >= 15 is 0 Å². The minimum absolute atomic E-state index is 0.202. The number of aliphatic hydroxyl groups is 1. The van der Waals surface area contributed by atoms with E-state index in [2.05, 4.69) is 5.32 Å². The number of hydrogen-bond donors (Lipinski definition) is 2. The number of rotatable bonds is 3. The van der Waals surface area contributed by atoms with Crippen LogP contribution in [0.1, 0.15) is 48.2 Å². The van der Waals surface area contributed by atoms with Crippen LogP contribution in [-0.2, 0) is 21.7 Å². The summed E-state index contributed by atoms with van der Waals surface area (Å²) in [6, 6.07) is 12.5. The maximum Gasteiger partial charge on any atom is 0.255 e. The van der Waals surface area contributed by atoms with Gasteiger partial charge in [0.15, 0.2) is 0 Å². The Morgan fingerprint density at radius 1 is 1.00 bits per heavy atom. The van der Waals surface area contributed by atoms with Gasteiger partial charge in [-0.1, -0.05) is 36.4 Å². The molecule has 0 radical (unpaired) electrons. The first-order valence-electron chi connectivity index (χ1n) is 9.36. The Balaban J connectivity index is 1.76. The van der Waals surface area contributed by atoms with Crippen LogP contribution in [0.25, 0.3) is 11.1 Å². The van der Waals surface area contributed by atoms with Gasteiger partial charge in [-0.25, -0.2) is 0 Å². The van der Waals surface area contributed by atoms with Crippen LogP contribution in [-0.4, -0.2) is 33.8 Å². The molecule has 2 aliphatic heterocycles. The first kappa shape index (κ1) is 18.4. The van der Waals surface area contributed by atoms with Crippen molar-refractivity contribution in [2.45, 2.75) is 44.9 Å². The smallest absolute Gasteiger partial charge is 0.255 e. The minimum atomic E-state index is -1.04. The first-order chi connectivity index (χ1) is 13.3. The monoisotopic (exact) mass is 378 g/mol. The summed E-state index contributed by atoms with van der Waals surface area (Å²) in [5.74, 6) is -0.923. The predicted molar refractivity (Wildman–Crippen MR) is 103 cm³/mol. The lowest BCUT2D eigenvalue weighted by Crippen LogP contribution is -2.52. The summed E-state index contributed by atoms with van der Waals surface area (Å²) >= 11 is 0. The standard InChI is InChI=1S/C22H22N2O4/c1-22(2,28)17-9-4-3-6-14(17)13-7-5-8-15-16(13)12-24(21(15)27)18-10-11-19(25)23-20(18)26/h3-9,18,28H,10-12H2,1-2H3,(H,23,25,26). The second-order valence-electron chi connectivity index (χ2n) is 7.84. The van der Waals surface area contributed by atoms with E-state index in [9.17, 15) is 19.5 Å². The zero-order valence-corrected chi connectivity index (χ0v) is 15.9. The van der Waals surface area contributed by atoms with Crippen LogP contribution in [0.3, 0.4) is 0 Å². The maximum absolute atomic E-state index is 13.0. The number of carbonyl (C=O) groups excluding carboxylic acids is 3. The number of fused-ring (bicyclic) bond motifs is 1. The quantitative estimate of drug-likeness (QED) is 0.803. The Hall–Kier alpha value is -2.99. The van der Waals surface area contributed by atoms with Crippen molar-refractivity contribution in [2.75, 3.05) is 0 Å². The van der Waals surface area contributed by atoms with Gasteiger partial charge in [0.2, 0.25) is 11.8 Å². The molecule has 3 amide bonds. The number of benzene rings is 2. The van der Waals surface area contributed by atoms with Crippen LogP contribution in [0.4, 0.5) is 0 Å². The summed E-state index contributed by atoms with van der Waals surface area (Å²) in [6.07, 6.45) is 0.560. The van der Waals surface area contributed by atoms with Crippen molar-refractivity contribution < 1.29 is 19.5 Å². The molecule has 4 rings (SSSR count). The molecule has 0 aliphatic carbocycles. The van der Waals surface area contributed by atoms with E-state index in [0.29, 0.717) is 18.5 Å². The third-order valence-corrected chi connectivity index (χ3v) is 5.46.